The van der Waals surface area contributed by atoms with Gasteiger partial charge in [-0.3, -0.25) is 0 Å². The van der Waals surface area contributed by atoms with Gasteiger partial charge in [0.25, 0.3) is 0 Å². The summed E-state index contributed by atoms with van der Waals surface area (Å²) in [5.41, 5.74) is 7.85. The minimum absolute atomic E-state index is 0.337. The van der Waals surface area contributed by atoms with Gasteiger partial charge in [-0.2, -0.15) is 0 Å². The van der Waals surface area contributed by atoms with Gasteiger partial charge in [0.1, 0.15) is 0 Å². The molecule has 1 aliphatic rings. The van der Waals surface area contributed by atoms with Crippen molar-refractivity contribution in [3.05, 3.63) is 218 Å². The van der Waals surface area contributed by atoms with Crippen molar-refractivity contribution in [2.75, 3.05) is 0 Å². The Morgan fingerprint density at radius 1 is 0.482 bits per heavy atom. The molecule has 0 N–H and O–H groups in total. The molecule has 3 unspecified atom stereocenters. The van der Waals surface area contributed by atoms with Crippen molar-refractivity contribution in [3.63, 3.8) is 0 Å². The third-order valence-corrected chi connectivity index (χ3v) is 17.7. The van der Waals surface area contributed by atoms with Crippen LogP contribution in [0, 0.1) is 5.92 Å². The maximum atomic E-state index is 2.61. The van der Waals surface area contributed by atoms with E-state index in [1.54, 1.807) is 0 Å². The lowest BCUT2D eigenvalue weighted by atomic mass is 9.85. The molecule has 56 heavy (non-hydrogen) atoms. The van der Waals surface area contributed by atoms with Crippen LogP contribution in [0.25, 0.3) is 65.7 Å². The Balaban J connectivity index is 1.40. The molecule has 0 aliphatic heterocycles. The third kappa shape index (κ3) is 6.09. The summed E-state index contributed by atoms with van der Waals surface area (Å²) in [6.07, 6.45) is 16.2. The Kier molecular flexibility index (Phi) is 9.55. The molecule has 0 saturated heterocycles. The molecule has 8 aromatic rings. The summed E-state index contributed by atoms with van der Waals surface area (Å²) in [5, 5.41) is 12.0. The molecule has 0 amide bonds. The molecule has 0 nitrogen and oxygen atoms in total. The molecule has 0 aromatic heterocycles. The van der Waals surface area contributed by atoms with E-state index in [-0.39, 0.29) is 0 Å². The fourth-order valence-electron chi connectivity index (χ4n) is 9.45. The average molecular weight is 735 g/mol. The van der Waals surface area contributed by atoms with Gasteiger partial charge in [-0.05, 0) is 107 Å². The molecular formula is C55H46Si. The van der Waals surface area contributed by atoms with Gasteiger partial charge in [0.15, 0.2) is 8.07 Å². The Hall–Kier alpha value is -6.28. The van der Waals surface area contributed by atoms with Crippen molar-refractivity contribution < 1.29 is 0 Å². The molecule has 9 rings (SSSR count). The zero-order chi connectivity index (χ0) is 38.1. The second kappa shape index (κ2) is 15.1. The Labute approximate surface area is 332 Å². The standard InChI is InChI=1S/C55H46Si/c1-4-5-19-40(3)56(47-24-10-7-11-25-47,53-28-17-12-18-39(53)2)48-35-36-51-52(38-48)55(46-34-31-42-22-13-14-23-45(42)37-46)50-27-16-15-26-49(50)54(51)44-32-29-43(30-33-44)41-20-8-6-9-21-41/h4-39,53H,1-3H3/b5-4-,40-19+. The van der Waals surface area contributed by atoms with Gasteiger partial charge in [-0.25, -0.2) is 0 Å². The Morgan fingerprint density at radius 2 is 1.05 bits per heavy atom. The van der Waals surface area contributed by atoms with Crippen molar-refractivity contribution in [1.82, 2.24) is 0 Å². The number of hydrogen-bond donors (Lipinski definition) is 0. The normalized spacial score (nSPS) is 16.9. The van der Waals surface area contributed by atoms with Crippen molar-refractivity contribution in [3.8, 4) is 33.4 Å². The summed E-state index contributed by atoms with van der Waals surface area (Å²) < 4.78 is 0. The second-order valence-electron chi connectivity index (χ2n) is 15.3. The largest absolute Gasteiger partial charge is 0.151 e. The summed E-state index contributed by atoms with van der Waals surface area (Å²) in [7, 11) is -2.67. The monoisotopic (exact) mass is 734 g/mol. The first-order valence-corrected chi connectivity index (χ1v) is 22.0. The van der Waals surface area contributed by atoms with Crippen LogP contribution < -0.4 is 10.4 Å². The van der Waals surface area contributed by atoms with Gasteiger partial charge in [0, 0.05) is 0 Å². The smallest absolute Gasteiger partial charge is 0.0877 e. The van der Waals surface area contributed by atoms with Crippen LogP contribution in [0.2, 0.25) is 5.54 Å². The van der Waals surface area contributed by atoms with E-state index < -0.39 is 8.07 Å². The number of benzene rings is 8. The molecule has 1 aliphatic carbocycles. The molecule has 270 valence electrons. The molecule has 0 heterocycles. The van der Waals surface area contributed by atoms with Crippen LogP contribution in [0.15, 0.2) is 218 Å². The highest BCUT2D eigenvalue weighted by Gasteiger charge is 2.47. The zero-order valence-corrected chi connectivity index (χ0v) is 33.4. The van der Waals surface area contributed by atoms with Crippen molar-refractivity contribution in [1.29, 1.82) is 0 Å². The van der Waals surface area contributed by atoms with Crippen molar-refractivity contribution >= 4 is 50.8 Å². The van der Waals surface area contributed by atoms with Gasteiger partial charge in [0.2, 0.25) is 0 Å². The molecular weight excluding hydrogens is 689 g/mol. The van der Waals surface area contributed by atoms with E-state index in [1.807, 2.05) is 0 Å². The molecule has 0 fully saturated rings. The van der Waals surface area contributed by atoms with Gasteiger partial charge < -0.3 is 0 Å². The zero-order valence-electron chi connectivity index (χ0n) is 32.4. The molecule has 8 aromatic carbocycles. The topological polar surface area (TPSA) is 0 Å². The van der Waals surface area contributed by atoms with Gasteiger partial charge >= 0.3 is 0 Å². The summed E-state index contributed by atoms with van der Waals surface area (Å²) in [6.45, 7) is 6.92. The number of fused-ring (bicyclic) bond motifs is 3. The Bertz CT molecular complexity index is 2820. The van der Waals surface area contributed by atoms with Crippen molar-refractivity contribution in [2.45, 2.75) is 26.3 Å². The van der Waals surface area contributed by atoms with Crippen LogP contribution in [-0.2, 0) is 0 Å². The number of hydrogen-bond acceptors (Lipinski definition) is 0. The van der Waals surface area contributed by atoms with E-state index in [4.69, 9.17) is 0 Å². The minimum Gasteiger partial charge on any atom is -0.0877 e. The predicted octanol–water partition coefficient (Wildman–Crippen LogP) is 13.9. The van der Waals surface area contributed by atoms with E-state index in [0.29, 0.717) is 11.5 Å². The first-order chi connectivity index (χ1) is 27.6. The lowest BCUT2D eigenvalue weighted by molar-refractivity contribution is 0.718. The SMILES string of the molecule is C/C=C\C=C(/C)[Si](c1ccccc1)(c1ccc2c(-c3ccc(-c4ccccc4)cc3)c3ccccc3c(-c3ccc4ccccc4c3)c2c1)C1C=CC=CC1C. The van der Waals surface area contributed by atoms with Crippen LogP contribution in [0.1, 0.15) is 20.8 Å². The Morgan fingerprint density at radius 3 is 1.77 bits per heavy atom. The van der Waals surface area contributed by atoms with E-state index in [2.05, 4.69) is 233 Å². The van der Waals surface area contributed by atoms with Crippen LogP contribution in [0.5, 0.6) is 0 Å². The van der Waals surface area contributed by atoms with Crippen LogP contribution in [0.3, 0.4) is 0 Å². The first-order valence-electron chi connectivity index (χ1n) is 19.9. The van der Waals surface area contributed by atoms with Gasteiger partial charge in [-0.1, -0.05) is 218 Å². The second-order valence-corrected chi connectivity index (χ2v) is 19.5. The number of rotatable bonds is 8. The molecule has 1 heteroatoms. The summed E-state index contributed by atoms with van der Waals surface area (Å²) in [5.74, 6) is 0.381. The maximum Gasteiger partial charge on any atom is 0.151 e. The molecule has 3 atom stereocenters. The quantitative estimate of drug-likeness (QED) is 0.0828. The molecule has 0 bridgehead atoms. The van der Waals surface area contributed by atoms with Gasteiger partial charge in [-0.15, -0.1) is 0 Å². The maximum absolute atomic E-state index is 2.67. The highest BCUT2D eigenvalue weighted by Crippen LogP contribution is 2.46. The lowest BCUT2D eigenvalue weighted by Crippen LogP contribution is -2.63. The van der Waals surface area contributed by atoms with Crippen LogP contribution in [0.4, 0.5) is 0 Å². The van der Waals surface area contributed by atoms with Crippen LogP contribution >= 0.6 is 0 Å². The highest BCUT2D eigenvalue weighted by molar-refractivity contribution is 7.08. The van der Waals surface area contributed by atoms with E-state index in [9.17, 15) is 0 Å². The van der Waals surface area contributed by atoms with Crippen molar-refractivity contribution in [2.24, 2.45) is 5.92 Å². The third-order valence-electron chi connectivity index (χ3n) is 12.1. The fraction of sp³-hybridized carbons (Fsp3) is 0.0909. The number of allylic oxidation sites excluding steroid dienone is 8. The molecule has 0 radical (unpaired) electrons. The first kappa shape index (κ1) is 35.4. The predicted molar refractivity (Wildman–Crippen MR) is 246 cm³/mol. The summed E-state index contributed by atoms with van der Waals surface area (Å²) in [4.78, 5) is 0. The van der Waals surface area contributed by atoms with E-state index in [0.717, 1.165) is 0 Å². The summed E-state index contributed by atoms with van der Waals surface area (Å²) in [6, 6.07) is 63.7. The summed E-state index contributed by atoms with van der Waals surface area (Å²) >= 11 is 0. The van der Waals surface area contributed by atoms with E-state index >= 15 is 0 Å². The minimum atomic E-state index is -2.67. The average Bonchev–Trinajstić information content (AvgIpc) is 3.26. The molecule has 0 spiro atoms. The lowest BCUT2D eigenvalue weighted by Gasteiger charge is -2.43. The van der Waals surface area contributed by atoms with E-state index in [1.165, 1.54) is 81.3 Å². The fourth-order valence-corrected chi connectivity index (χ4v) is 15.1. The highest BCUT2D eigenvalue weighted by atomic mass is 28.3. The molecule has 0 saturated carbocycles. The van der Waals surface area contributed by atoms with Crippen LogP contribution in [-0.4, -0.2) is 8.07 Å². The van der Waals surface area contributed by atoms with Gasteiger partial charge in [0.05, 0.1) is 0 Å².